The first-order valence-electron chi connectivity index (χ1n) is 6.34. The Labute approximate surface area is 97.9 Å². The van der Waals surface area contributed by atoms with Crippen molar-refractivity contribution in [3.8, 4) is 0 Å². The Kier molecular flexibility index (Phi) is 1.42. The fourth-order valence-electron chi connectivity index (χ4n) is 1.59. The zero-order chi connectivity index (χ0) is 14.6. The molecule has 0 radical (unpaired) electrons. The van der Waals surface area contributed by atoms with Crippen LogP contribution in [-0.2, 0) is 12.4 Å². The lowest BCUT2D eigenvalue weighted by Crippen LogP contribution is -2.13. The molecule has 0 bridgehead atoms. The third-order valence-corrected chi connectivity index (χ3v) is 2.28. The number of fused-ring (bicyclic) bond motifs is 1. The molecule has 0 spiro atoms. The molecule has 86 valence electrons. The Morgan fingerprint density at radius 2 is 1.94 bits per heavy atom. The fourth-order valence-corrected chi connectivity index (χ4v) is 1.59. The highest BCUT2D eigenvalue weighted by molar-refractivity contribution is 5.90. The summed E-state index contributed by atoms with van der Waals surface area (Å²) in [6.07, 6.45) is 0. The molecular formula is C10H16N6. The molecule has 2 aromatic heterocycles. The molecule has 0 aliphatic rings. The molecule has 2 heterocycles. The maximum Gasteiger partial charge on any atom is 0.224 e. The van der Waals surface area contributed by atoms with E-state index in [1.165, 1.54) is 0 Å². The van der Waals surface area contributed by atoms with Crippen molar-refractivity contribution >= 4 is 22.8 Å². The standard InChI is InChI=1S/C10H16N6/c1-10(2,3)6-5-7(11)13-9(12)14-8(5)16(4)15-6/h1-4H3,(H4,11,12,13,14)/i4D3. The number of hydrogen-bond donors (Lipinski definition) is 2. The van der Waals surface area contributed by atoms with E-state index in [0.717, 1.165) is 4.68 Å². The highest BCUT2D eigenvalue weighted by atomic mass is 15.3. The summed E-state index contributed by atoms with van der Waals surface area (Å²) in [4.78, 5) is 7.84. The summed E-state index contributed by atoms with van der Waals surface area (Å²) in [7, 11) is 0. The predicted octanol–water partition coefficient (Wildman–Crippen LogP) is 0.825. The average molecular weight is 223 g/mol. The molecule has 0 amide bonds. The van der Waals surface area contributed by atoms with Crippen LogP contribution in [0.2, 0.25) is 0 Å². The zero-order valence-electron chi connectivity index (χ0n) is 12.4. The molecule has 0 unspecified atom stereocenters. The number of rotatable bonds is 0. The van der Waals surface area contributed by atoms with Gasteiger partial charge in [0.05, 0.1) is 11.1 Å². The minimum atomic E-state index is -2.45. The molecule has 0 aromatic carbocycles. The van der Waals surface area contributed by atoms with Gasteiger partial charge in [-0.3, -0.25) is 0 Å². The van der Waals surface area contributed by atoms with E-state index < -0.39 is 6.98 Å². The van der Waals surface area contributed by atoms with Gasteiger partial charge in [-0.1, -0.05) is 20.8 Å². The van der Waals surface area contributed by atoms with Gasteiger partial charge >= 0.3 is 0 Å². The van der Waals surface area contributed by atoms with E-state index in [2.05, 4.69) is 15.1 Å². The molecule has 0 saturated carbocycles. The first kappa shape index (κ1) is 7.43. The minimum Gasteiger partial charge on any atom is -0.383 e. The second-order valence-corrected chi connectivity index (χ2v) is 4.68. The van der Waals surface area contributed by atoms with Gasteiger partial charge in [-0.05, 0) is 0 Å². The van der Waals surface area contributed by atoms with Crippen LogP contribution in [0.15, 0.2) is 0 Å². The van der Waals surface area contributed by atoms with Gasteiger partial charge in [0.15, 0.2) is 5.65 Å². The van der Waals surface area contributed by atoms with Crippen LogP contribution in [0, 0.1) is 0 Å². The van der Waals surface area contributed by atoms with Crippen LogP contribution in [0.25, 0.3) is 11.0 Å². The van der Waals surface area contributed by atoms with Crippen molar-refractivity contribution in [1.29, 1.82) is 0 Å². The molecule has 4 N–H and O–H groups in total. The normalized spacial score (nSPS) is 15.8. The number of anilines is 2. The second kappa shape index (κ2) is 3.07. The van der Waals surface area contributed by atoms with Crippen molar-refractivity contribution < 1.29 is 4.11 Å². The number of aryl methyl sites for hydroxylation is 1. The smallest absolute Gasteiger partial charge is 0.224 e. The molecule has 0 saturated heterocycles. The number of nitrogens with zero attached hydrogens (tertiary/aromatic N) is 4. The highest BCUT2D eigenvalue weighted by Gasteiger charge is 2.24. The predicted molar refractivity (Wildman–Crippen MR) is 63.8 cm³/mol. The number of nitrogen functional groups attached to an aromatic ring is 2. The van der Waals surface area contributed by atoms with Crippen LogP contribution in [0.5, 0.6) is 0 Å². The van der Waals surface area contributed by atoms with Crippen molar-refractivity contribution in [3.63, 3.8) is 0 Å². The van der Waals surface area contributed by atoms with E-state index in [9.17, 15) is 0 Å². The Bertz CT molecular complexity index is 637. The molecule has 0 atom stereocenters. The van der Waals surface area contributed by atoms with Gasteiger partial charge in [0, 0.05) is 16.5 Å². The lowest BCUT2D eigenvalue weighted by atomic mass is 9.90. The quantitative estimate of drug-likeness (QED) is 0.689. The fraction of sp³-hybridized carbons (Fsp3) is 0.500. The monoisotopic (exact) mass is 223 g/mol. The third-order valence-electron chi connectivity index (χ3n) is 2.28. The van der Waals surface area contributed by atoms with Gasteiger partial charge in [0.2, 0.25) is 5.95 Å². The lowest BCUT2D eigenvalue weighted by molar-refractivity contribution is 0.558. The first-order valence-corrected chi connectivity index (χ1v) is 4.84. The number of hydrogen-bond acceptors (Lipinski definition) is 5. The second-order valence-electron chi connectivity index (χ2n) is 4.68. The zero-order valence-corrected chi connectivity index (χ0v) is 9.44. The molecular weight excluding hydrogens is 204 g/mol. The summed E-state index contributed by atoms with van der Waals surface area (Å²) in [5, 5.41) is 4.59. The van der Waals surface area contributed by atoms with Crippen LogP contribution in [0.1, 0.15) is 30.6 Å². The number of aromatic nitrogens is 4. The van der Waals surface area contributed by atoms with Gasteiger partial charge in [-0.25, -0.2) is 4.68 Å². The SMILES string of the molecule is [2H]C([2H])([2H])n1nc(C(C)(C)C)c2c(N)nc(N)nc21. The van der Waals surface area contributed by atoms with Crippen LogP contribution >= 0.6 is 0 Å². The summed E-state index contributed by atoms with van der Waals surface area (Å²) in [5.41, 5.74) is 11.7. The molecule has 0 fully saturated rings. The molecule has 2 aromatic rings. The topological polar surface area (TPSA) is 95.6 Å². The van der Waals surface area contributed by atoms with Crippen molar-refractivity contribution in [2.24, 2.45) is 6.98 Å². The van der Waals surface area contributed by atoms with Gasteiger partial charge < -0.3 is 11.5 Å². The summed E-state index contributed by atoms with van der Waals surface area (Å²) < 4.78 is 23.4. The summed E-state index contributed by atoms with van der Waals surface area (Å²) in [6, 6.07) is 0. The molecule has 6 nitrogen and oxygen atoms in total. The van der Waals surface area contributed by atoms with Crippen molar-refractivity contribution in [1.82, 2.24) is 19.7 Å². The van der Waals surface area contributed by atoms with E-state index in [-0.39, 0.29) is 22.8 Å². The maximum atomic E-state index is 7.51. The minimum absolute atomic E-state index is 0.0733. The van der Waals surface area contributed by atoms with E-state index in [4.69, 9.17) is 15.6 Å². The van der Waals surface area contributed by atoms with Gasteiger partial charge in [-0.15, -0.1) is 0 Å². The van der Waals surface area contributed by atoms with Gasteiger partial charge in [0.25, 0.3) is 0 Å². The van der Waals surface area contributed by atoms with Crippen LogP contribution in [0.3, 0.4) is 0 Å². The molecule has 0 aliphatic carbocycles. The van der Waals surface area contributed by atoms with Crippen molar-refractivity contribution in [3.05, 3.63) is 5.69 Å². The Morgan fingerprint density at radius 3 is 2.50 bits per heavy atom. The van der Waals surface area contributed by atoms with E-state index >= 15 is 0 Å². The summed E-state index contributed by atoms with van der Waals surface area (Å²) in [5.74, 6) is 0.0683. The lowest BCUT2D eigenvalue weighted by Gasteiger charge is -2.15. The van der Waals surface area contributed by atoms with Gasteiger partial charge in [0.1, 0.15) is 5.82 Å². The Hall–Kier alpha value is -1.85. The van der Waals surface area contributed by atoms with Crippen LogP contribution in [0.4, 0.5) is 11.8 Å². The first-order chi connectivity index (χ1) is 8.51. The molecule has 0 aliphatic heterocycles. The molecule has 6 heteroatoms. The Morgan fingerprint density at radius 1 is 1.25 bits per heavy atom. The summed E-state index contributed by atoms with van der Waals surface area (Å²) in [6.45, 7) is 3.28. The van der Waals surface area contributed by atoms with Crippen LogP contribution in [-0.4, -0.2) is 19.7 Å². The van der Waals surface area contributed by atoms with E-state index in [1.807, 2.05) is 20.8 Å². The maximum absolute atomic E-state index is 7.51. The summed E-state index contributed by atoms with van der Waals surface area (Å²) >= 11 is 0. The average Bonchev–Trinajstić information content (AvgIpc) is 2.55. The molecule has 2 rings (SSSR count). The third kappa shape index (κ3) is 1.46. The Balaban J connectivity index is 2.94. The highest BCUT2D eigenvalue weighted by Crippen LogP contribution is 2.31. The largest absolute Gasteiger partial charge is 0.383 e. The molecule has 16 heavy (non-hydrogen) atoms. The number of nitrogens with two attached hydrogens (primary N) is 2. The van der Waals surface area contributed by atoms with Crippen molar-refractivity contribution in [2.45, 2.75) is 26.2 Å². The van der Waals surface area contributed by atoms with E-state index in [0.29, 0.717) is 11.1 Å². The van der Waals surface area contributed by atoms with Gasteiger partial charge in [-0.2, -0.15) is 15.1 Å². The van der Waals surface area contributed by atoms with Crippen molar-refractivity contribution in [2.75, 3.05) is 11.5 Å². The van der Waals surface area contributed by atoms with Crippen LogP contribution < -0.4 is 11.5 Å². The van der Waals surface area contributed by atoms with E-state index in [1.54, 1.807) is 0 Å².